The van der Waals surface area contributed by atoms with Gasteiger partial charge in [-0.3, -0.25) is 4.79 Å². The summed E-state index contributed by atoms with van der Waals surface area (Å²) in [5.74, 6) is 1.02. The molecule has 1 aromatic carbocycles. The lowest BCUT2D eigenvalue weighted by molar-refractivity contribution is -0.119. The van der Waals surface area contributed by atoms with E-state index in [0.29, 0.717) is 6.42 Å². The van der Waals surface area contributed by atoms with E-state index in [1.165, 1.54) is 0 Å². The summed E-state index contributed by atoms with van der Waals surface area (Å²) in [4.78, 5) is 11.1. The minimum Gasteiger partial charge on any atom is -0.497 e. The standard InChI is InChI=1S/C13H18N2O2/c1-9-7-11(17-2)4-5-12(9)14-8-10-3-6-13(16)15-10/h4-5,7,10,14H,3,6,8H2,1-2H3,(H,15,16). The monoisotopic (exact) mass is 234 g/mol. The quantitative estimate of drug-likeness (QED) is 0.833. The molecule has 1 amide bonds. The van der Waals surface area contributed by atoms with Gasteiger partial charge in [-0.15, -0.1) is 0 Å². The number of rotatable bonds is 4. The summed E-state index contributed by atoms with van der Waals surface area (Å²) >= 11 is 0. The highest BCUT2D eigenvalue weighted by atomic mass is 16.5. The van der Waals surface area contributed by atoms with E-state index < -0.39 is 0 Å². The zero-order chi connectivity index (χ0) is 12.3. The first-order valence-corrected chi connectivity index (χ1v) is 5.87. The second-order valence-corrected chi connectivity index (χ2v) is 4.36. The molecule has 1 unspecified atom stereocenters. The fourth-order valence-corrected chi connectivity index (χ4v) is 2.03. The molecular weight excluding hydrogens is 216 g/mol. The highest BCUT2D eigenvalue weighted by Gasteiger charge is 2.20. The maximum atomic E-state index is 11.1. The van der Waals surface area contributed by atoms with Gasteiger partial charge < -0.3 is 15.4 Å². The Morgan fingerprint density at radius 3 is 2.94 bits per heavy atom. The van der Waals surface area contributed by atoms with Crippen molar-refractivity contribution in [2.45, 2.75) is 25.8 Å². The van der Waals surface area contributed by atoms with Gasteiger partial charge in [0.15, 0.2) is 0 Å². The normalized spacial score (nSPS) is 18.9. The van der Waals surface area contributed by atoms with E-state index in [0.717, 1.165) is 30.0 Å². The van der Waals surface area contributed by atoms with Crippen LogP contribution in [0.2, 0.25) is 0 Å². The predicted molar refractivity (Wildman–Crippen MR) is 67.4 cm³/mol. The number of anilines is 1. The van der Waals surface area contributed by atoms with Crippen molar-refractivity contribution in [2.24, 2.45) is 0 Å². The Morgan fingerprint density at radius 1 is 1.53 bits per heavy atom. The summed E-state index contributed by atoms with van der Waals surface area (Å²) in [5, 5.41) is 6.30. The SMILES string of the molecule is COc1ccc(NCC2CCC(=O)N2)c(C)c1. The van der Waals surface area contributed by atoms with Gasteiger partial charge in [0.1, 0.15) is 5.75 Å². The van der Waals surface area contributed by atoms with E-state index in [1.54, 1.807) is 7.11 Å². The van der Waals surface area contributed by atoms with Crippen molar-refractivity contribution < 1.29 is 9.53 Å². The number of carbonyl (C=O) groups is 1. The van der Waals surface area contributed by atoms with Gasteiger partial charge in [0.05, 0.1) is 7.11 Å². The van der Waals surface area contributed by atoms with Crippen LogP contribution in [0, 0.1) is 6.92 Å². The Morgan fingerprint density at radius 2 is 2.35 bits per heavy atom. The largest absolute Gasteiger partial charge is 0.497 e. The van der Waals surface area contributed by atoms with Crippen molar-refractivity contribution in [3.8, 4) is 5.75 Å². The number of amides is 1. The number of benzene rings is 1. The van der Waals surface area contributed by atoms with E-state index >= 15 is 0 Å². The van der Waals surface area contributed by atoms with Crippen molar-refractivity contribution in [3.63, 3.8) is 0 Å². The molecule has 4 heteroatoms. The summed E-state index contributed by atoms with van der Waals surface area (Å²) in [6, 6.07) is 6.19. The van der Waals surface area contributed by atoms with Crippen molar-refractivity contribution in [1.29, 1.82) is 0 Å². The van der Waals surface area contributed by atoms with Gasteiger partial charge in [-0.05, 0) is 37.1 Å². The van der Waals surface area contributed by atoms with E-state index in [-0.39, 0.29) is 11.9 Å². The second kappa shape index (κ2) is 5.08. The third-order valence-corrected chi connectivity index (χ3v) is 3.06. The van der Waals surface area contributed by atoms with Gasteiger partial charge in [-0.25, -0.2) is 0 Å². The molecule has 1 aromatic rings. The molecule has 0 spiro atoms. The van der Waals surface area contributed by atoms with Crippen LogP contribution in [0.4, 0.5) is 5.69 Å². The van der Waals surface area contributed by atoms with Crippen LogP contribution in [0.25, 0.3) is 0 Å². The van der Waals surface area contributed by atoms with Crippen LogP contribution in [0.5, 0.6) is 5.75 Å². The lowest BCUT2D eigenvalue weighted by Crippen LogP contribution is -2.31. The van der Waals surface area contributed by atoms with Crippen LogP contribution in [0.15, 0.2) is 18.2 Å². The first kappa shape index (κ1) is 11.8. The molecule has 2 rings (SSSR count). The molecule has 1 saturated heterocycles. The van der Waals surface area contributed by atoms with Gasteiger partial charge in [-0.2, -0.15) is 0 Å². The number of aryl methyl sites for hydroxylation is 1. The van der Waals surface area contributed by atoms with Crippen LogP contribution in [0.1, 0.15) is 18.4 Å². The number of hydrogen-bond acceptors (Lipinski definition) is 3. The van der Waals surface area contributed by atoms with Crippen LogP contribution < -0.4 is 15.4 Å². The van der Waals surface area contributed by atoms with E-state index in [9.17, 15) is 4.79 Å². The Hall–Kier alpha value is -1.71. The van der Waals surface area contributed by atoms with Gasteiger partial charge in [0.25, 0.3) is 0 Å². The smallest absolute Gasteiger partial charge is 0.220 e. The van der Waals surface area contributed by atoms with Crippen molar-refractivity contribution >= 4 is 11.6 Å². The molecule has 0 aliphatic carbocycles. The van der Waals surface area contributed by atoms with Crippen LogP contribution in [-0.4, -0.2) is 25.6 Å². The number of nitrogens with one attached hydrogen (secondary N) is 2. The Labute approximate surface area is 101 Å². The highest BCUT2D eigenvalue weighted by Crippen LogP contribution is 2.21. The molecule has 0 aromatic heterocycles. The summed E-state index contributed by atoms with van der Waals surface area (Å²) < 4.78 is 5.16. The fourth-order valence-electron chi connectivity index (χ4n) is 2.03. The first-order chi connectivity index (χ1) is 8.19. The topological polar surface area (TPSA) is 50.4 Å². The van der Waals surface area contributed by atoms with Crippen LogP contribution >= 0.6 is 0 Å². The molecule has 1 aliphatic rings. The summed E-state index contributed by atoms with van der Waals surface area (Å²) in [7, 11) is 1.66. The maximum absolute atomic E-state index is 11.1. The number of hydrogen-bond donors (Lipinski definition) is 2. The third-order valence-electron chi connectivity index (χ3n) is 3.06. The molecule has 92 valence electrons. The maximum Gasteiger partial charge on any atom is 0.220 e. The minimum absolute atomic E-state index is 0.156. The minimum atomic E-state index is 0.156. The lowest BCUT2D eigenvalue weighted by atomic mass is 10.1. The molecule has 0 saturated carbocycles. The molecule has 17 heavy (non-hydrogen) atoms. The van der Waals surface area contributed by atoms with Gasteiger partial charge in [0, 0.05) is 24.7 Å². The lowest BCUT2D eigenvalue weighted by Gasteiger charge is -2.14. The number of carbonyl (C=O) groups excluding carboxylic acids is 1. The van der Waals surface area contributed by atoms with Crippen molar-refractivity contribution in [1.82, 2.24) is 5.32 Å². The van der Waals surface area contributed by atoms with Crippen molar-refractivity contribution in [3.05, 3.63) is 23.8 Å². The van der Waals surface area contributed by atoms with Crippen LogP contribution in [-0.2, 0) is 4.79 Å². The summed E-state index contributed by atoms with van der Waals surface area (Å²) in [6.45, 7) is 2.82. The number of ether oxygens (including phenoxy) is 1. The molecule has 1 atom stereocenters. The molecular formula is C13H18N2O2. The van der Waals surface area contributed by atoms with E-state index in [2.05, 4.69) is 10.6 Å². The van der Waals surface area contributed by atoms with Gasteiger partial charge >= 0.3 is 0 Å². The second-order valence-electron chi connectivity index (χ2n) is 4.36. The zero-order valence-corrected chi connectivity index (χ0v) is 10.2. The third kappa shape index (κ3) is 2.90. The fraction of sp³-hybridized carbons (Fsp3) is 0.462. The highest BCUT2D eigenvalue weighted by molar-refractivity contribution is 5.78. The summed E-state index contributed by atoms with van der Waals surface area (Å²) in [5.41, 5.74) is 2.24. The Kier molecular flexibility index (Phi) is 3.52. The molecule has 4 nitrogen and oxygen atoms in total. The molecule has 0 radical (unpaired) electrons. The molecule has 1 fully saturated rings. The van der Waals surface area contributed by atoms with Gasteiger partial charge in [-0.1, -0.05) is 0 Å². The molecule has 2 N–H and O–H groups in total. The molecule has 1 heterocycles. The van der Waals surface area contributed by atoms with Gasteiger partial charge in [0.2, 0.25) is 5.91 Å². The Bertz CT molecular complexity index is 418. The van der Waals surface area contributed by atoms with E-state index in [1.807, 2.05) is 25.1 Å². The van der Waals surface area contributed by atoms with Crippen LogP contribution in [0.3, 0.4) is 0 Å². The summed E-state index contributed by atoms with van der Waals surface area (Å²) in [6.07, 6.45) is 1.56. The molecule has 0 bridgehead atoms. The average molecular weight is 234 g/mol. The van der Waals surface area contributed by atoms with E-state index in [4.69, 9.17) is 4.74 Å². The average Bonchev–Trinajstić information content (AvgIpc) is 2.73. The molecule has 1 aliphatic heterocycles. The predicted octanol–water partition coefficient (Wildman–Crippen LogP) is 1.69. The number of methoxy groups -OCH3 is 1. The first-order valence-electron chi connectivity index (χ1n) is 5.87. The zero-order valence-electron chi connectivity index (χ0n) is 10.2. The van der Waals surface area contributed by atoms with Crippen molar-refractivity contribution in [2.75, 3.05) is 19.0 Å². The Balaban J connectivity index is 1.92.